The van der Waals surface area contributed by atoms with Crippen LogP contribution in [0.25, 0.3) is 0 Å². The van der Waals surface area contributed by atoms with Crippen molar-refractivity contribution in [1.29, 1.82) is 5.26 Å². The zero-order valence-corrected chi connectivity index (χ0v) is 14.6. The summed E-state index contributed by atoms with van der Waals surface area (Å²) in [6, 6.07) is 13.4. The molecule has 3 N–H and O–H groups in total. The second kappa shape index (κ2) is 8.22. The fourth-order valence-electron chi connectivity index (χ4n) is 2.04. The Morgan fingerprint density at radius 1 is 1.28 bits per heavy atom. The van der Waals surface area contributed by atoms with Gasteiger partial charge in [-0.25, -0.2) is 4.79 Å². The molecule has 6 nitrogen and oxygen atoms in total. The van der Waals surface area contributed by atoms with Crippen molar-refractivity contribution in [3.8, 4) is 6.07 Å². The number of ether oxygens (including phenoxy) is 1. The Morgan fingerprint density at radius 3 is 2.68 bits per heavy atom. The van der Waals surface area contributed by atoms with E-state index >= 15 is 0 Å². The molecule has 0 heterocycles. The summed E-state index contributed by atoms with van der Waals surface area (Å²) < 4.78 is 5.20. The van der Waals surface area contributed by atoms with Crippen LogP contribution in [-0.4, -0.2) is 24.2 Å². The summed E-state index contributed by atoms with van der Waals surface area (Å²) in [7, 11) is 0. The molecule has 0 aliphatic rings. The Bertz CT molecular complexity index is 846. The molecule has 7 heteroatoms. The molecule has 0 spiro atoms. The molecule has 25 heavy (non-hydrogen) atoms. The molecule has 0 bridgehead atoms. The Labute approximate surface area is 150 Å². The molecule has 0 aliphatic carbocycles. The van der Waals surface area contributed by atoms with E-state index in [0.29, 0.717) is 22.5 Å². The maximum Gasteiger partial charge on any atom is 0.338 e. The molecule has 0 radical (unpaired) electrons. The third kappa shape index (κ3) is 4.52. The Kier molecular flexibility index (Phi) is 6.03. The fraction of sp³-hybridized carbons (Fsp3) is 0.167. The van der Waals surface area contributed by atoms with Gasteiger partial charge >= 0.3 is 5.97 Å². The molecule has 0 aromatic heterocycles. The topological polar surface area (TPSA) is 105 Å². The number of para-hydroxylation sites is 1. The molecule has 0 fully saturated rings. The van der Waals surface area contributed by atoms with Crippen molar-refractivity contribution in [3.05, 3.63) is 53.6 Å². The summed E-state index contributed by atoms with van der Waals surface area (Å²) >= 11 is 1.42. The van der Waals surface area contributed by atoms with Crippen LogP contribution in [0.3, 0.4) is 0 Å². The summed E-state index contributed by atoms with van der Waals surface area (Å²) in [5.41, 5.74) is 7.39. The predicted octanol–water partition coefficient (Wildman–Crippen LogP) is 3.05. The van der Waals surface area contributed by atoms with Gasteiger partial charge in [0.15, 0.2) is 6.10 Å². The van der Waals surface area contributed by atoms with Crippen molar-refractivity contribution in [2.45, 2.75) is 17.9 Å². The van der Waals surface area contributed by atoms with Gasteiger partial charge in [-0.15, -0.1) is 11.8 Å². The number of nitrogen functional groups attached to an aromatic ring is 1. The predicted molar refractivity (Wildman–Crippen MR) is 97.3 cm³/mol. The highest BCUT2D eigenvalue weighted by Gasteiger charge is 2.20. The van der Waals surface area contributed by atoms with E-state index in [0.717, 1.165) is 4.90 Å². The molecule has 1 atom stereocenters. The number of anilines is 2. The van der Waals surface area contributed by atoms with E-state index in [-0.39, 0.29) is 0 Å². The third-order valence-electron chi connectivity index (χ3n) is 3.43. The first-order chi connectivity index (χ1) is 12.0. The number of nitriles is 1. The summed E-state index contributed by atoms with van der Waals surface area (Å²) in [6.07, 6.45) is 0.832. The first-order valence-electron chi connectivity index (χ1n) is 7.40. The number of benzene rings is 2. The lowest BCUT2D eigenvalue weighted by atomic mass is 10.2. The quantitative estimate of drug-likeness (QED) is 0.485. The van der Waals surface area contributed by atoms with Crippen LogP contribution in [0.4, 0.5) is 11.4 Å². The molecule has 128 valence electrons. The van der Waals surface area contributed by atoms with Gasteiger partial charge in [-0.1, -0.05) is 12.1 Å². The molecular weight excluding hydrogens is 338 g/mol. The lowest BCUT2D eigenvalue weighted by molar-refractivity contribution is -0.123. The lowest BCUT2D eigenvalue weighted by Gasteiger charge is -2.14. The fourth-order valence-corrected chi connectivity index (χ4v) is 2.59. The van der Waals surface area contributed by atoms with Crippen LogP contribution in [0.15, 0.2) is 47.4 Å². The minimum atomic E-state index is -1.02. The highest BCUT2D eigenvalue weighted by atomic mass is 32.2. The van der Waals surface area contributed by atoms with Crippen LogP contribution in [0.1, 0.15) is 22.8 Å². The van der Waals surface area contributed by atoms with Crippen molar-refractivity contribution >= 4 is 35.0 Å². The van der Waals surface area contributed by atoms with E-state index < -0.39 is 18.0 Å². The first-order valence-corrected chi connectivity index (χ1v) is 8.63. The number of nitrogens with two attached hydrogens (primary N) is 1. The highest BCUT2D eigenvalue weighted by molar-refractivity contribution is 7.98. The first kappa shape index (κ1) is 18.4. The normalized spacial score (nSPS) is 11.2. The van der Waals surface area contributed by atoms with Crippen molar-refractivity contribution < 1.29 is 14.3 Å². The number of nitrogens with zero attached hydrogens (tertiary/aromatic N) is 1. The summed E-state index contributed by atoms with van der Waals surface area (Å²) in [4.78, 5) is 25.2. The molecule has 0 saturated carbocycles. The zero-order valence-electron chi connectivity index (χ0n) is 13.8. The average Bonchev–Trinajstić information content (AvgIpc) is 2.62. The number of nitrogens with one attached hydrogen (secondary N) is 1. The van der Waals surface area contributed by atoms with Gasteiger partial charge in [-0.05, 0) is 43.5 Å². The second-order valence-corrected chi connectivity index (χ2v) is 6.00. The van der Waals surface area contributed by atoms with Crippen LogP contribution < -0.4 is 11.1 Å². The maximum absolute atomic E-state index is 12.2. The number of hydrogen-bond donors (Lipinski definition) is 2. The minimum Gasteiger partial charge on any atom is -0.449 e. The molecular formula is C18H17N3O3S. The molecule has 2 rings (SSSR count). The highest BCUT2D eigenvalue weighted by Crippen LogP contribution is 2.24. The summed E-state index contributed by atoms with van der Waals surface area (Å²) in [5, 5.41) is 11.6. The van der Waals surface area contributed by atoms with Gasteiger partial charge in [0.2, 0.25) is 0 Å². The van der Waals surface area contributed by atoms with Crippen molar-refractivity contribution in [2.24, 2.45) is 0 Å². The van der Waals surface area contributed by atoms with E-state index in [2.05, 4.69) is 5.32 Å². The molecule has 0 saturated heterocycles. The third-order valence-corrected chi connectivity index (χ3v) is 4.22. The van der Waals surface area contributed by atoms with Crippen LogP contribution in [0, 0.1) is 11.3 Å². The molecule has 2 aromatic rings. The van der Waals surface area contributed by atoms with Gasteiger partial charge in [0.1, 0.15) is 6.07 Å². The van der Waals surface area contributed by atoms with Gasteiger partial charge in [0.25, 0.3) is 5.91 Å². The number of carbonyl (C=O) groups is 2. The van der Waals surface area contributed by atoms with E-state index in [9.17, 15) is 9.59 Å². The number of carbonyl (C=O) groups excluding carboxylic acids is 2. The molecule has 2 aromatic carbocycles. The van der Waals surface area contributed by atoms with E-state index in [1.807, 2.05) is 12.3 Å². The zero-order chi connectivity index (χ0) is 18.4. The van der Waals surface area contributed by atoms with E-state index in [1.54, 1.807) is 42.5 Å². The van der Waals surface area contributed by atoms with Gasteiger partial charge in [0.05, 0.1) is 16.8 Å². The minimum absolute atomic E-state index is 0.315. The van der Waals surface area contributed by atoms with Gasteiger partial charge < -0.3 is 15.8 Å². The number of amides is 1. The Balaban J connectivity index is 2.06. The number of thioether (sulfide) groups is 1. The second-order valence-electron chi connectivity index (χ2n) is 5.15. The van der Waals surface area contributed by atoms with Gasteiger partial charge in [-0.2, -0.15) is 5.26 Å². The van der Waals surface area contributed by atoms with Crippen molar-refractivity contribution in [2.75, 3.05) is 17.3 Å². The van der Waals surface area contributed by atoms with Crippen LogP contribution >= 0.6 is 11.8 Å². The van der Waals surface area contributed by atoms with Crippen LogP contribution in [0.5, 0.6) is 0 Å². The smallest absolute Gasteiger partial charge is 0.338 e. The van der Waals surface area contributed by atoms with Crippen molar-refractivity contribution in [1.82, 2.24) is 0 Å². The summed E-state index contributed by atoms with van der Waals surface area (Å²) in [5.74, 6) is -1.14. The standard InChI is InChI=1S/C18H17N3O3S/c1-11(17(22)21-15-6-4-3-5-13(15)10-19)24-18(23)12-7-8-14(20)16(9-12)25-2/h3-9,11H,20H2,1-2H3,(H,21,22)/t11-/m0/s1. The SMILES string of the molecule is CSc1cc(C(=O)O[C@@H](C)C(=O)Nc2ccccc2C#N)ccc1N. The largest absolute Gasteiger partial charge is 0.449 e. The number of esters is 1. The van der Waals surface area contributed by atoms with Crippen LogP contribution in [0.2, 0.25) is 0 Å². The van der Waals surface area contributed by atoms with Crippen LogP contribution in [-0.2, 0) is 9.53 Å². The Morgan fingerprint density at radius 2 is 2.00 bits per heavy atom. The number of rotatable bonds is 5. The molecule has 0 unspecified atom stereocenters. The lowest BCUT2D eigenvalue weighted by Crippen LogP contribution is -2.30. The van der Waals surface area contributed by atoms with Gasteiger partial charge in [-0.3, -0.25) is 4.79 Å². The van der Waals surface area contributed by atoms with Gasteiger partial charge in [0, 0.05) is 10.6 Å². The maximum atomic E-state index is 12.2. The monoisotopic (exact) mass is 355 g/mol. The van der Waals surface area contributed by atoms with E-state index in [4.69, 9.17) is 15.7 Å². The molecule has 0 aliphatic heterocycles. The molecule has 1 amide bonds. The Hall–Kier alpha value is -2.98. The average molecular weight is 355 g/mol. The summed E-state index contributed by atoms with van der Waals surface area (Å²) in [6.45, 7) is 1.47. The van der Waals surface area contributed by atoms with Crippen molar-refractivity contribution in [3.63, 3.8) is 0 Å². The number of hydrogen-bond acceptors (Lipinski definition) is 6. The van der Waals surface area contributed by atoms with E-state index in [1.165, 1.54) is 18.7 Å².